The number of carbonyl (C=O) groups excluding carboxylic acids is 2. The summed E-state index contributed by atoms with van der Waals surface area (Å²) in [6.07, 6.45) is 1.78. The number of fused-ring (bicyclic) bond motifs is 1. The number of rotatable bonds is 7. The fourth-order valence-electron chi connectivity index (χ4n) is 4.05. The van der Waals surface area contributed by atoms with Crippen LogP contribution in [0, 0.1) is 0 Å². The Bertz CT molecular complexity index is 1410. The van der Waals surface area contributed by atoms with Gasteiger partial charge in [-0.2, -0.15) is 0 Å². The highest BCUT2D eigenvalue weighted by Gasteiger charge is 2.20. The van der Waals surface area contributed by atoms with Gasteiger partial charge in [0.2, 0.25) is 0 Å². The van der Waals surface area contributed by atoms with Gasteiger partial charge >= 0.3 is 5.97 Å². The minimum Gasteiger partial charge on any atom is -0.478 e. The summed E-state index contributed by atoms with van der Waals surface area (Å²) in [5.74, 6) is -1.38. The molecule has 1 atom stereocenters. The molecule has 0 radical (unpaired) electrons. The van der Waals surface area contributed by atoms with Crippen molar-refractivity contribution in [3.63, 3.8) is 0 Å². The number of aromatic carboxylic acids is 1. The largest absolute Gasteiger partial charge is 0.478 e. The van der Waals surface area contributed by atoms with Crippen LogP contribution in [-0.2, 0) is 6.54 Å². The van der Waals surface area contributed by atoms with E-state index in [9.17, 15) is 14.4 Å². The van der Waals surface area contributed by atoms with Crippen molar-refractivity contribution in [2.45, 2.75) is 26.4 Å². The molecule has 0 aliphatic rings. The Hall–Kier alpha value is -3.90. The Kier molecular flexibility index (Phi) is 6.52. The van der Waals surface area contributed by atoms with Gasteiger partial charge in [-0.05, 0) is 55.3 Å². The maximum Gasteiger partial charge on any atom is 0.335 e. The van der Waals surface area contributed by atoms with E-state index in [-0.39, 0.29) is 23.3 Å². The Balaban J connectivity index is 1.70. The molecule has 0 fully saturated rings. The summed E-state index contributed by atoms with van der Waals surface area (Å²) >= 11 is 6.15. The fraction of sp³-hybridized carbons (Fsp3) is 0.148. The second-order valence-electron chi connectivity index (χ2n) is 8.18. The second kappa shape index (κ2) is 9.53. The molecule has 1 unspecified atom stereocenters. The van der Waals surface area contributed by atoms with Gasteiger partial charge in [0.25, 0.3) is 5.91 Å². The van der Waals surface area contributed by atoms with E-state index in [2.05, 4.69) is 5.32 Å². The maximum absolute atomic E-state index is 13.3. The number of hydrogen-bond acceptors (Lipinski definition) is 3. The summed E-state index contributed by atoms with van der Waals surface area (Å²) in [6, 6.07) is 18.8. The first kappa shape index (κ1) is 23.3. The zero-order valence-corrected chi connectivity index (χ0v) is 19.5. The van der Waals surface area contributed by atoms with Gasteiger partial charge in [-0.25, -0.2) is 4.79 Å². The van der Waals surface area contributed by atoms with Gasteiger partial charge in [0.1, 0.15) is 0 Å². The van der Waals surface area contributed by atoms with Crippen molar-refractivity contribution >= 4 is 40.2 Å². The molecule has 3 aromatic carbocycles. The van der Waals surface area contributed by atoms with Crippen molar-refractivity contribution in [2.75, 3.05) is 0 Å². The number of nitrogens with zero attached hydrogens (tertiary/aromatic N) is 1. The zero-order valence-electron chi connectivity index (χ0n) is 18.7. The third-order valence-corrected chi connectivity index (χ3v) is 6.00. The predicted molar refractivity (Wildman–Crippen MR) is 132 cm³/mol. The van der Waals surface area contributed by atoms with E-state index in [0.29, 0.717) is 33.6 Å². The standard InChI is InChI=1S/C27H23ClN2O4/c1-16(19-9-11-20(12-10-19)27(33)34)29-26(32)23-8-4-7-22-24(17(2)31)15-30(25(22)23)14-18-5-3-6-21(28)13-18/h3-13,15-16H,14H2,1-2H3,(H,29,32)(H,33,34). The van der Waals surface area contributed by atoms with Crippen LogP contribution in [0.5, 0.6) is 0 Å². The van der Waals surface area contributed by atoms with Crippen molar-refractivity contribution in [2.24, 2.45) is 0 Å². The third-order valence-electron chi connectivity index (χ3n) is 5.77. The fourth-order valence-corrected chi connectivity index (χ4v) is 4.27. The highest BCUT2D eigenvalue weighted by molar-refractivity contribution is 6.30. The normalized spacial score (nSPS) is 11.9. The molecule has 1 heterocycles. The van der Waals surface area contributed by atoms with Crippen LogP contribution in [0.15, 0.2) is 72.9 Å². The number of halogens is 1. The zero-order chi connectivity index (χ0) is 24.4. The van der Waals surface area contributed by atoms with Gasteiger partial charge in [0.15, 0.2) is 5.78 Å². The summed E-state index contributed by atoms with van der Waals surface area (Å²) in [5.41, 5.74) is 3.57. The third kappa shape index (κ3) is 4.72. The van der Waals surface area contributed by atoms with E-state index in [0.717, 1.165) is 11.1 Å². The molecule has 34 heavy (non-hydrogen) atoms. The lowest BCUT2D eigenvalue weighted by molar-refractivity contribution is 0.0696. The van der Waals surface area contributed by atoms with E-state index >= 15 is 0 Å². The van der Waals surface area contributed by atoms with Gasteiger partial charge in [0, 0.05) is 28.7 Å². The van der Waals surface area contributed by atoms with E-state index < -0.39 is 5.97 Å². The molecule has 0 aliphatic heterocycles. The quantitative estimate of drug-likeness (QED) is 0.334. The van der Waals surface area contributed by atoms with Crippen molar-refractivity contribution in [3.05, 3.63) is 106 Å². The highest BCUT2D eigenvalue weighted by Crippen LogP contribution is 2.27. The summed E-state index contributed by atoms with van der Waals surface area (Å²) in [7, 11) is 0. The van der Waals surface area contributed by atoms with E-state index in [1.807, 2.05) is 35.8 Å². The van der Waals surface area contributed by atoms with Crippen LogP contribution in [0.25, 0.3) is 10.9 Å². The predicted octanol–water partition coefficient (Wildman–Crippen LogP) is 5.73. The van der Waals surface area contributed by atoms with Crippen LogP contribution in [0.4, 0.5) is 0 Å². The monoisotopic (exact) mass is 474 g/mol. The van der Waals surface area contributed by atoms with Crippen LogP contribution < -0.4 is 5.32 Å². The van der Waals surface area contributed by atoms with Crippen molar-refractivity contribution in [1.82, 2.24) is 9.88 Å². The average molecular weight is 475 g/mol. The van der Waals surface area contributed by atoms with Crippen LogP contribution in [0.2, 0.25) is 5.02 Å². The lowest BCUT2D eigenvalue weighted by atomic mass is 10.0. The molecule has 1 amide bonds. The van der Waals surface area contributed by atoms with Crippen LogP contribution in [0.1, 0.15) is 62.1 Å². The SMILES string of the molecule is CC(=O)c1cn(Cc2cccc(Cl)c2)c2c(C(=O)NC(C)c3ccc(C(=O)O)cc3)cccc12. The van der Waals surface area contributed by atoms with Gasteiger partial charge in [-0.1, -0.05) is 48.0 Å². The van der Waals surface area contributed by atoms with Crippen molar-refractivity contribution in [3.8, 4) is 0 Å². The maximum atomic E-state index is 13.3. The molecule has 4 aromatic rings. The molecule has 0 bridgehead atoms. The highest BCUT2D eigenvalue weighted by atomic mass is 35.5. The molecule has 4 rings (SSSR count). The van der Waals surface area contributed by atoms with E-state index in [1.54, 1.807) is 36.5 Å². The van der Waals surface area contributed by atoms with Crippen LogP contribution in [-0.4, -0.2) is 27.3 Å². The summed E-state index contributed by atoms with van der Waals surface area (Å²) in [4.78, 5) is 36.8. The number of amides is 1. The van der Waals surface area contributed by atoms with Gasteiger partial charge in [0.05, 0.1) is 22.7 Å². The Morgan fingerprint density at radius 3 is 2.35 bits per heavy atom. The van der Waals surface area contributed by atoms with Crippen LogP contribution >= 0.6 is 11.6 Å². The second-order valence-corrected chi connectivity index (χ2v) is 8.62. The molecule has 0 saturated carbocycles. The van der Waals surface area contributed by atoms with Gasteiger partial charge in [-0.15, -0.1) is 0 Å². The van der Waals surface area contributed by atoms with Crippen molar-refractivity contribution < 1.29 is 19.5 Å². The van der Waals surface area contributed by atoms with Gasteiger partial charge in [-0.3, -0.25) is 9.59 Å². The molecule has 6 nitrogen and oxygen atoms in total. The van der Waals surface area contributed by atoms with E-state index in [4.69, 9.17) is 16.7 Å². The first-order valence-corrected chi connectivity index (χ1v) is 11.1. The topological polar surface area (TPSA) is 88.4 Å². The first-order valence-electron chi connectivity index (χ1n) is 10.8. The minimum absolute atomic E-state index is 0.0840. The Morgan fingerprint density at radius 1 is 1.00 bits per heavy atom. The smallest absolute Gasteiger partial charge is 0.335 e. The lowest BCUT2D eigenvalue weighted by Crippen LogP contribution is -2.27. The number of para-hydroxylation sites is 1. The number of nitrogens with one attached hydrogen (secondary N) is 1. The number of carboxylic acids is 1. The molecule has 0 saturated heterocycles. The number of Topliss-reactive ketones (excluding diaryl/α,β-unsaturated/α-hetero) is 1. The first-order chi connectivity index (χ1) is 16.2. The van der Waals surface area contributed by atoms with Crippen molar-refractivity contribution in [1.29, 1.82) is 0 Å². The molecule has 7 heteroatoms. The number of benzene rings is 3. The van der Waals surface area contributed by atoms with E-state index in [1.165, 1.54) is 19.1 Å². The molecule has 1 aromatic heterocycles. The molecule has 2 N–H and O–H groups in total. The number of aromatic nitrogens is 1. The average Bonchev–Trinajstić information content (AvgIpc) is 3.18. The van der Waals surface area contributed by atoms with Gasteiger partial charge < -0.3 is 15.0 Å². The molecule has 0 spiro atoms. The molecular weight excluding hydrogens is 452 g/mol. The Morgan fingerprint density at radius 2 is 1.71 bits per heavy atom. The number of ketones is 1. The van der Waals surface area contributed by atoms with Crippen LogP contribution in [0.3, 0.4) is 0 Å². The number of hydrogen-bond donors (Lipinski definition) is 2. The molecule has 0 aliphatic carbocycles. The molecular formula is C27H23ClN2O4. The summed E-state index contributed by atoms with van der Waals surface area (Å²) in [5, 5.41) is 13.4. The minimum atomic E-state index is -1.00. The summed E-state index contributed by atoms with van der Waals surface area (Å²) < 4.78 is 1.90. The Labute approximate surface area is 201 Å². The number of carbonyl (C=O) groups is 3. The summed E-state index contributed by atoms with van der Waals surface area (Å²) in [6.45, 7) is 3.79. The lowest BCUT2D eigenvalue weighted by Gasteiger charge is -2.16. The number of carboxylic acid groups (broad SMARTS) is 1. The molecule has 172 valence electrons.